The van der Waals surface area contributed by atoms with E-state index in [1.807, 2.05) is 11.2 Å². The quantitative estimate of drug-likeness (QED) is 0.540. The Kier molecular flexibility index (Phi) is 5.82. The summed E-state index contributed by atoms with van der Waals surface area (Å²) in [6, 6.07) is -0.746. The van der Waals surface area contributed by atoms with Crippen LogP contribution in [0.2, 0.25) is 5.28 Å². The molecule has 140 valence electrons. The van der Waals surface area contributed by atoms with E-state index in [9.17, 15) is 14.7 Å². The van der Waals surface area contributed by atoms with Crippen LogP contribution < -0.4 is 10.2 Å². The molecule has 2 aromatic rings. The summed E-state index contributed by atoms with van der Waals surface area (Å²) in [4.78, 5) is 41.0. The summed E-state index contributed by atoms with van der Waals surface area (Å²) in [6.07, 6.45) is 5.62. The van der Waals surface area contributed by atoms with E-state index in [1.54, 1.807) is 0 Å². The number of nitrogens with one attached hydrogen (secondary N) is 2. The number of halogens is 1. The van der Waals surface area contributed by atoms with Crippen molar-refractivity contribution in [1.29, 1.82) is 0 Å². The number of hydrogen-bond donors (Lipinski definition) is 3. The Morgan fingerprint density at radius 2 is 2.27 bits per heavy atom. The second kappa shape index (κ2) is 8.09. The molecule has 9 nitrogen and oxygen atoms in total. The molecule has 3 N–H and O–H groups in total. The summed E-state index contributed by atoms with van der Waals surface area (Å²) >= 11 is 7.52. The van der Waals surface area contributed by atoms with Crippen LogP contribution in [0, 0.1) is 0 Å². The van der Waals surface area contributed by atoms with Crippen LogP contribution in [-0.2, 0) is 9.59 Å². The fraction of sp³-hybridized carbons (Fsp3) is 0.533. The Balaban J connectivity index is 1.77. The van der Waals surface area contributed by atoms with Gasteiger partial charge in [0.25, 0.3) is 0 Å². The van der Waals surface area contributed by atoms with Crippen LogP contribution >= 0.6 is 23.4 Å². The van der Waals surface area contributed by atoms with E-state index in [2.05, 4.69) is 25.3 Å². The molecule has 0 aromatic carbocycles. The number of fused-ring (bicyclic) bond motifs is 1. The number of carbonyl (C=O) groups is 2. The highest BCUT2D eigenvalue weighted by atomic mass is 35.5. The SMILES string of the molecule is CSCC[C@H](NC(=O)CN(c1nc(Cl)nc2nc[nH]c12)C1CC1)C(=O)O. The van der Waals surface area contributed by atoms with Crippen molar-refractivity contribution >= 4 is 52.2 Å². The molecule has 0 aliphatic heterocycles. The molecule has 0 spiro atoms. The summed E-state index contributed by atoms with van der Waals surface area (Å²) in [5, 5.41) is 11.9. The molecule has 3 rings (SSSR count). The Labute approximate surface area is 158 Å². The summed E-state index contributed by atoms with van der Waals surface area (Å²) in [5.74, 6) is -0.245. The Morgan fingerprint density at radius 1 is 1.50 bits per heavy atom. The molecule has 0 radical (unpaired) electrons. The average Bonchev–Trinajstić information content (AvgIpc) is 3.33. The fourth-order valence-corrected chi connectivity index (χ4v) is 3.28. The molecule has 1 saturated carbocycles. The van der Waals surface area contributed by atoms with Crippen molar-refractivity contribution in [3.63, 3.8) is 0 Å². The van der Waals surface area contributed by atoms with Gasteiger partial charge in [0.2, 0.25) is 11.2 Å². The number of amides is 1. The number of thioether (sulfide) groups is 1. The highest BCUT2D eigenvalue weighted by Gasteiger charge is 2.34. The minimum absolute atomic E-state index is 0.00478. The van der Waals surface area contributed by atoms with Crippen LogP contribution in [0.1, 0.15) is 19.3 Å². The first-order chi connectivity index (χ1) is 12.5. The maximum Gasteiger partial charge on any atom is 0.326 e. The third-order valence-electron chi connectivity index (χ3n) is 4.06. The number of nitrogens with zero attached hydrogens (tertiary/aromatic N) is 4. The second-order valence-corrected chi connectivity index (χ2v) is 7.34. The fourth-order valence-electron chi connectivity index (χ4n) is 2.65. The van der Waals surface area contributed by atoms with Crippen LogP contribution in [-0.4, -0.2) is 67.6 Å². The summed E-state index contributed by atoms with van der Waals surface area (Å²) in [7, 11) is 0. The zero-order chi connectivity index (χ0) is 18.7. The number of aliphatic carboxylic acids is 1. The van der Waals surface area contributed by atoms with Crippen LogP contribution in [0.3, 0.4) is 0 Å². The molecule has 1 atom stereocenters. The minimum atomic E-state index is -1.04. The molecule has 0 saturated heterocycles. The molecule has 1 fully saturated rings. The van der Waals surface area contributed by atoms with E-state index in [1.165, 1.54) is 18.1 Å². The smallest absolute Gasteiger partial charge is 0.326 e. The van der Waals surface area contributed by atoms with E-state index < -0.39 is 12.0 Å². The molecular formula is C15H19ClN6O3S. The lowest BCUT2D eigenvalue weighted by Gasteiger charge is -2.24. The van der Waals surface area contributed by atoms with Crippen molar-refractivity contribution in [2.75, 3.05) is 23.5 Å². The van der Waals surface area contributed by atoms with E-state index >= 15 is 0 Å². The van der Waals surface area contributed by atoms with Gasteiger partial charge in [-0.25, -0.2) is 9.78 Å². The molecule has 26 heavy (non-hydrogen) atoms. The first-order valence-corrected chi connectivity index (χ1v) is 9.91. The van der Waals surface area contributed by atoms with Gasteiger partial charge in [0, 0.05) is 6.04 Å². The molecular weight excluding hydrogens is 380 g/mol. The first-order valence-electron chi connectivity index (χ1n) is 8.14. The standard InChI is InChI=1S/C15H19ClN6O3S/c1-26-5-4-9(14(24)25)19-10(23)6-22(8-2-3-8)13-11-12(18-7-17-11)20-15(16)21-13/h7-9H,2-6H2,1H3,(H,19,23)(H,24,25)(H,17,18,20,21)/t9-/m0/s1. The first kappa shape index (κ1) is 18.7. The zero-order valence-corrected chi connectivity index (χ0v) is 15.7. The molecule has 11 heteroatoms. The van der Waals surface area contributed by atoms with Crippen LogP contribution in [0.15, 0.2) is 6.33 Å². The molecule has 1 aliphatic carbocycles. The third-order valence-corrected chi connectivity index (χ3v) is 4.87. The molecule has 2 heterocycles. The van der Waals surface area contributed by atoms with Gasteiger partial charge in [0.1, 0.15) is 11.6 Å². The zero-order valence-electron chi connectivity index (χ0n) is 14.1. The van der Waals surface area contributed by atoms with Gasteiger partial charge in [-0.15, -0.1) is 0 Å². The molecule has 1 amide bonds. The van der Waals surface area contributed by atoms with Crippen molar-refractivity contribution in [1.82, 2.24) is 25.3 Å². The summed E-state index contributed by atoms with van der Waals surface area (Å²) in [6.45, 7) is -0.00478. The van der Waals surface area contributed by atoms with E-state index in [0.717, 1.165) is 12.8 Å². The number of imidazole rings is 1. The summed E-state index contributed by atoms with van der Waals surface area (Å²) in [5.41, 5.74) is 1.03. The number of rotatable bonds is 9. The van der Waals surface area contributed by atoms with E-state index in [4.69, 9.17) is 11.6 Å². The van der Waals surface area contributed by atoms with Gasteiger partial charge < -0.3 is 20.3 Å². The number of carboxylic acid groups (broad SMARTS) is 1. The van der Waals surface area contributed by atoms with Gasteiger partial charge >= 0.3 is 5.97 Å². The van der Waals surface area contributed by atoms with Crippen molar-refractivity contribution < 1.29 is 14.7 Å². The Morgan fingerprint density at radius 3 is 2.92 bits per heavy atom. The van der Waals surface area contributed by atoms with Crippen molar-refractivity contribution in [2.24, 2.45) is 0 Å². The predicted molar refractivity (Wildman–Crippen MR) is 99.6 cm³/mol. The van der Waals surface area contributed by atoms with Gasteiger partial charge in [-0.2, -0.15) is 21.7 Å². The number of aromatic amines is 1. The Hall–Kier alpha value is -2.07. The maximum absolute atomic E-state index is 12.5. The van der Waals surface area contributed by atoms with Gasteiger partial charge in [-0.1, -0.05) is 0 Å². The largest absolute Gasteiger partial charge is 0.480 e. The maximum atomic E-state index is 12.5. The topological polar surface area (TPSA) is 124 Å². The van der Waals surface area contributed by atoms with Crippen molar-refractivity contribution in [3.05, 3.63) is 11.6 Å². The monoisotopic (exact) mass is 398 g/mol. The average molecular weight is 399 g/mol. The third kappa shape index (κ3) is 4.36. The molecule has 0 unspecified atom stereocenters. The van der Waals surface area contributed by atoms with Gasteiger partial charge in [0.15, 0.2) is 11.5 Å². The number of H-pyrrole nitrogens is 1. The highest BCUT2D eigenvalue weighted by Crippen LogP contribution is 2.33. The van der Waals surface area contributed by atoms with Gasteiger partial charge in [0.05, 0.1) is 12.9 Å². The van der Waals surface area contributed by atoms with Crippen molar-refractivity contribution in [2.45, 2.75) is 31.3 Å². The highest BCUT2D eigenvalue weighted by molar-refractivity contribution is 7.98. The van der Waals surface area contributed by atoms with Crippen molar-refractivity contribution in [3.8, 4) is 0 Å². The van der Waals surface area contributed by atoms with E-state index in [0.29, 0.717) is 29.2 Å². The number of hydrogen-bond acceptors (Lipinski definition) is 7. The van der Waals surface area contributed by atoms with Crippen LogP contribution in [0.5, 0.6) is 0 Å². The lowest BCUT2D eigenvalue weighted by molar-refractivity contribution is -0.141. The van der Waals surface area contributed by atoms with Gasteiger partial charge in [-0.3, -0.25) is 4.79 Å². The van der Waals surface area contributed by atoms with Crippen LogP contribution in [0.25, 0.3) is 11.2 Å². The lowest BCUT2D eigenvalue weighted by atomic mass is 10.2. The lowest BCUT2D eigenvalue weighted by Crippen LogP contribution is -2.46. The normalized spacial score (nSPS) is 15.0. The number of carboxylic acids is 1. The molecule has 0 bridgehead atoms. The number of carbonyl (C=O) groups excluding carboxylic acids is 1. The second-order valence-electron chi connectivity index (χ2n) is 6.02. The summed E-state index contributed by atoms with van der Waals surface area (Å²) < 4.78 is 0. The van der Waals surface area contributed by atoms with Gasteiger partial charge in [-0.05, 0) is 42.9 Å². The minimum Gasteiger partial charge on any atom is -0.480 e. The van der Waals surface area contributed by atoms with Crippen LogP contribution in [0.4, 0.5) is 5.82 Å². The molecule has 1 aliphatic rings. The predicted octanol–water partition coefficient (Wildman–Crippen LogP) is 1.30. The van der Waals surface area contributed by atoms with E-state index in [-0.39, 0.29) is 23.8 Å². The number of aromatic nitrogens is 4. The number of anilines is 1. The Bertz CT molecular complexity index is 812. The molecule has 2 aromatic heterocycles.